The number of anilines is 2. The predicted molar refractivity (Wildman–Crippen MR) is 64.8 cm³/mol. The molecule has 0 aromatic heterocycles. The molecule has 0 radical (unpaired) electrons. The standard InChI is InChI=1S/C11H13BrN2O/c12-9-5-4-8(7-10(9)13)14-6-2-1-3-11(14)15/h4-5,7H,1-3,6,13H2. The predicted octanol–water partition coefficient (Wildman–Crippen LogP) is 2.55. The van der Waals surface area contributed by atoms with Crippen molar-refractivity contribution in [1.82, 2.24) is 0 Å². The van der Waals surface area contributed by atoms with E-state index in [0.717, 1.165) is 29.5 Å². The SMILES string of the molecule is Nc1cc(N2CCCCC2=O)ccc1Br. The van der Waals surface area contributed by atoms with Crippen LogP contribution in [0.5, 0.6) is 0 Å². The summed E-state index contributed by atoms with van der Waals surface area (Å²) in [6.07, 6.45) is 2.72. The molecule has 0 bridgehead atoms. The molecule has 1 amide bonds. The van der Waals surface area contributed by atoms with Crippen molar-refractivity contribution in [3.8, 4) is 0 Å². The van der Waals surface area contributed by atoms with E-state index in [9.17, 15) is 4.79 Å². The summed E-state index contributed by atoms with van der Waals surface area (Å²) in [6, 6.07) is 5.64. The Bertz CT molecular complexity index is 392. The molecule has 0 unspecified atom stereocenters. The van der Waals surface area contributed by atoms with Crippen LogP contribution in [0.2, 0.25) is 0 Å². The second-order valence-corrected chi connectivity index (χ2v) is 4.56. The summed E-state index contributed by atoms with van der Waals surface area (Å²) in [5, 5.41) is 0. The average molecular weight is 269 g/mol. The molecule has 15 heavy (non-hydrogen) atoms. The molecule has 1 heterocycles. The van der Waals surface area contributed by atoms with Gasteiger partial charge in [0.25, 0.3) is 0 Å². The number of piperidine rings is 1. The minimum Gasteiger partial charge on any atom is -0.398 e. The number of nitrogens with two attached hydrogens (primary N) is 1. The van der Waals surface area contributed by atoms with Gasteiger partial charge in [0.2, 0.25) is 5.91 Å². The normalized spacial score (nSPS) is 16.9. The number of hydrogen-bond donors (Lipinski definition) is 1. The number of carbonyl (C=O) groups excluding carboxylic acids is 1. The van der Waals surface area contributed by atoms with Crippen molar-refractivity contribution < 1.29 is 4.79 Å². The second-order valence-electron chi connectivity index (χ2n) is 3.71. The van der Waals surface area contributed by atoms with Gasteiger partial charge in [0, 0.05) is 28.8 Å². The van der Waals surface area contributed by atoms with Gasteiger partial charge >= 0.3 is 0 Å². The highest BCUT2D eigenvalue weighted by Crippen LogP contribution is 2.27. The molecule has 1 saturated heterocycles. The number of nitrogen functional groups attached to an aromatic ring is 1. The van der Waals surface area contributed by atoms with Gasteiger partial charge in [-0.15, -0.1) is 0 Å². The maximum atomic E-state index is 11.7. The highest BCUT2D eigenvalue weighted by atomic mass is 79.9. The van der Waals surface area contributed by atoms with Gasteiger partial charge in [-0.1, -0.05) is 0 Å². The lowest BCUT2D eigenvalue weighted by Gasteiger charge is -2.27. The van der Waals surface area contributed by atoms with E-state index in [1.807, 2.05) is 23.1 Å². The Labute approximate surface area is 97.4 Å². The smallest absolute Gasteiger partial charge is 0.226 e. The van der Waals surface area contributed by atoms with Crippen molar-refractivity contribution in [1.29, 1.82) is 0 Å². The van der Waals surface area contributed by atoms with E-state index in [1.54, 1.807) is 0 Å². The Morgan fingerprint density at radius 3 is 2.80 bits per heavy atom. The van der Waals surface area contributed by atoms with E-state index in [2.05, 4.69) is 15.9 Å². The van der Waals surface area contributed by atoms with Crippen molar-refractivity contribution >= 4 is 33.2 Å². The Morgan fingerprint density at radius 1 is 1.33 bits per heavy atom. The molecule has 1 aromatic rings. The Morgan fingerprint density at radius 2 is 2.13 bits per heavy atom. The highest BCUT2D eigenvalue weighted by molar-refractivity contribution is 9.10. The molecule has 3 nitrogen and oxygen atoms in total. The molecule has 80 valence electrons. The van der Waals surface area contributed by atoms with Gasteiger partial charge in [-0.05, 0) is 47.0 Å². The van der Waals surface area contributed by atoms with E-state index in [1.165, 1.54) is 0 Å². The fourth-order valence-electron chi connectivity index (χ4n) is 1.78. The van der Waals surface area contributed by atoms with Gasteiger partial charge in [-0.25, -0.2) is 0 Å². The lowest BCUT2D eigenvalue weighted by molar-refractivity contribution is -0.119. The Kier molecular flexibility index (Phi) is 2.95. The van der Waals surface area contributed by atoms with Crippen LogP contribution < -0.4 is 10.6 Å². The minimum atomic E-state index is 0.197. The first kappa shape index (κ1) is 10.5. The first-order chi connectivity index (χ1) is 7.18. The van der Waals surface area contributed by atoms with Crippen LogP contribution in [0.4, 0.5) is 11.4 Å². The molecule has 4 heteroatoms. The van der Waals surface area contributed by atoms with E-state index >= 15 is 0 Å². The largest absolute Gasteiger partial charge is 0.398 e. The molecular weight excluding hydrogens is 256 g/mol. The summed E-state index contributed by atoms with van der Waals surface area (Å²) < 4.78 is 0.871. The molecule has 1 aliphatic heterocycles. The van der Waals surface area contributed by atoms with Crippen molar-refractivity contribution in [3.63, 3.8) is 0 Å². The van der Waals surface area contributed by atoms with Gasteiger partial charge in [0.1, 0.15) is 0 Å². The van der Waals surface area contributed by atoms with E-state index in [-0.39, 0.29) is 5.91 Å². The van der Waals surface area contributed by atoms with E-state index < -0.39 is 0 Å². The maximum Gasteiger partial charge on any atom is 0.226 e. The minimum absolute atomic E-state index is 0.197. The van der Waals surface area contributed by atoms with Crippen molar-refractivity contribution in [2.45, 2.75) is 19.3 Å². The van der Waals surface area contributed by atoms with Crippen LogP contribution in [0.3, 0.4) is 0 Å². The van der Waals surface area contributed by atoms with Crippen LogP contribution in [0.1, 0.15) is 19.3 Å². The third-order valence-corrected chi connectivity index (χ3v) is 3.34. The summed E-state index contributed by atoms with van der Waals surface area (Å²) >= 11 is 3.34. The number of hydrogen-bond acceptors (Lipinski definition) is 2. The third-order valence-electron chi connectivity index (χ3n) is 2.61. The van der Waals surface area contributed by atoms with Crippen LogP contribution >= 0.6 is 15.9 Å². The lowest BCUT2D eigenvalue weighted by atomic mass is 10.1. The molecule has 1 aromatic carbocycles. The highest BCUT2D eigenvalue weighted by Gasteiger charge is 2.19. The number of rotatable bonds is 1. The summed E-state index contributed by atoms with van der Waals surface area (Å²) in [7, 11) is 0. The van der Waals surface area contributed by atoms with Crippen LogP contribution in [-0.4, -0.2) is 12.5 Å². The van der Waals surface area contributed by atoms with E-state index in [0.29, 0.717) is 12.1 Å². The van der Waals surface area contributed by atoms with Gasteiger partial charge in [-0.3, -0.25) is 4.79 Å². The van der Waals surface area contributed by atoms with Crippen LogP contribution in [0, 0.1) is 0 Å². The third kappa shape index (κ3) is 2.15. The Balaban J connectivity index is 2.28. The monoisotopic (exact) mass is 268 g/mol. The molecule has 1 aliphatic rings. The second kappa shape index (κ2) is 4.23. The molecule has 0 saturated carbocycles. The van der Waals surface area contributed by atoms with Gasteiger partial charge < -0.3 is 10.6 Å². The first-order valence-corrected chi connectivity index (χ1v) is 5.83. The average Bonchev–Trinajstić information content (AvgIpc) is 2.23. The number of halogens is 1. The van der Waals surface area contributed by atoms with Crippen LogP contribution in [-0.2, 0) is 4.79 Å². The zero-order chi connectivity index (χ0) is 10.8. The first-order valence-electron chi connectivity index (χ1n) is 5.04. The number of benzene rings is 1. The maximum absolute atomic E-state index is 11.7. The fraction of sp³-hybridized carbons (Fsp3) is 0.364. The molecule has 0 spiro atoms. The summed E-state index contributed by atoms with van der Waals surface area (Å²) in [5.74, 6) is 0.197. The van der Waals surface area contributed by atoms with Gasteiger partial charge in [-0.2, -0.15) is 0 Å². The summed E-state index contributed by atoms with van der Waals surface area (Å²) in [6.45, 7) is 0.805. The molecule has 2 rings (SSSR count). The quantitative estimate of drug-likeness (QED) is 0.796. The molecule has 2 N–H and O–H groups in total. The van der Waals surface area contributed by atoms with Crippen LogP contribution in [0.25, 0.3) is 0 Å². The van der Waals surface area contributed by atoms with E-state index in [4.69, 9.17) is 5.73 Å². The lowest BCUT2D eigenvalue weighted by Crippen LogP contribution is -2.35. The summed E-state index contributed by atoms with van der Waals surface area (Å²) in [5.41, 5.74) is 7.36. The molecule has 0 aliphatic carbocycles. The number of nitrogens with zero attached hydrogens (tertiary/aromatic N) is 1. The van der Waals surface area contributed by atoms with Crippen molar-refractivity contribution in [3.05, 3.63) is 22.7 Å². The zero-order valence-electron chi connectivity index (χ0n) is 8.37. The zero-order valence-corrected chi connectivity index (χ0v) is 9.96. The van der Waals surface area contributed by atoms with Gasteiger partial charge in [0.05, 0.1) is 0 Å². The number of carbonyl (C=O) groups is 1. The van der Waals surface area contributed by atoms with Crippen molar-refractivity contribution in [2.24, 2.45) is 0 Å². The van der Waals surface area contributed by atoms with Gasteiger partial charge in [0.15, 0.2) is 0 Å². The summed E-state index contributed by atoms with van der Waals surface area (Å²) in [4.78, 5) is 13.5. The molecule has 1 fully saturated rings. The van der Waals surface area contributed by atoms with Crippen LogP contribution in [0.15, 0.2) is 22.7 Å². The molecule has 0 atom stereocenters. The topological polar surface area (TPSA) is 46.3 Å². The molecular formula is C11H13BrN2O. The Hall–Kier alpha value is -1.03. The number of amides is 1. The van der Waals surface area contributed by atoms with Crippen molar-refractivity contribution in [2.75, 3.05) is 17.2 Å². The fourth-order valence-corrected chi connectivity index (χ4v) is 2.02.